The van der Waals surface area contributed by atoms with E-state index in [4.69, 9.17) is 4.42 Å². The minimum absolute atomic E-state index is 0.0425. The lowest BCUT2D eigenvalue weighted by Gasteiger charge is -2.04. The van der Waals surface area contributed by atoms with E-state index in [9.17, 15) is 9.59 Å². The summed E-state index contributed by atoms with van der Waals surface area (Å²) in [6.07, 6.45) is 1.63. The zero-order valence-corrected chi connectivity index (χ0v) is 12.8. The van der Waals surface area contributed by atoms with Gasteiger partial charge in [-0.15, -0.1) is 0 Å². The fourth-order valence-electron chi connectivity index (χ4n) is 1.84. The molecule has 0 spiro atoms. The van der Waals surface area contributed by atoms with Gasteiger partial charge in [0.25, 0.3) is 5.91 Å². The van der Waals surface area contributed by atoms with Gasteiger partial charge in [-0.3, -0.25) is 9.59 Å². The Balaban J connectivity index is 1.94. The van der Waals surface area contributed by atoms with Gasteiger partial charge in [0.05, 0.1) is 5.39 Å². The van der Waals surface area contributed by atoms with Crippen LogP contribution in [0.5, 0.6) is 0 Å². The lowest BCUT2D eigenvalue weighted by molar-refractivity contribution is 0.0997. The van der Waals surface area contributed by atoms with Crippen LogP contribution in [-0.2, 0) is 0 Å². The summed E-state index contributed by atoms with van der Waals surface area (Å²) < 4.78 is 6.42. The molecule has 0 bridgehead atoms. The number of fused-ring (bicyclic) bond motifs is 1. The van der Waals surface area contributed by atoms with Crippen molar-refractivity contribution in [3.05, 3.63) is 68.2 Å². The number of aromatic nitrogens is 1. The number of nitrogens with zero attached hydrogens (tertiary/aromatic N) is 1. The Kier molecular flexibility index (Phi) is 3.70. The smallest absolute Gasteiger partial charge is 0.292 e. The fourth-order valence-corrected chi connectivity index (χ4v) is 2.16. The van der Waals surface area contributed by atoms with Crippen molar-refractivity contribution >= 4 is 45.3 Å². The maximum atomic E-state index is 12.1. The average Bonchev–Trinajstić information content (AvgIpc) is 2.49. The predicted octanol–water partition coefficient (Wildman–Crippen LogP) is 3.04. The molecule has 1 aromatic carbocycles. The standard InChI is InChI=1S/C15H9IN2O3/c16-9-5-6-14(17-8-9)18-15(20)13-7-11(19)10-3-1-2-4-12(10)21-13/h1-8H,(H,17,18,20). The van der Waals surface area contributed by atoms with Crippen LogP contribution in [0.1, 0.15) is 10.6 Å². The van der Waals surface area contributed by atoms with Crippen LogP contribution in [0.4, 0.5) is 5.82 Å². The monoisotopic (exact) mass is 392 g/mol. The molecule has 0 aliphatic heterocycles. The number of pyridine rings is 1. The summed E-state index contributed by atoms with van der Waals surface area (Å²) in [4.78, 5) is 28.1. The van der Waals surface area contributed by atoms with E-state index in [0.717, 1.165) is 3.57 Å². The number of hydrogen-bond acceptors (Lipinski definition) is 4. The molecular formula is C15H9IN2O3. The number of carbonyl (C=O) groups is 1. The zero-order chi connectivity index (χ0) is 14.8. The van der Waals surface area contributed by atoms with Crippen molar-refractivity contribution in [3.63, 3.8) is 0 Å². The van der Waals surface area contributed by atoms with Gasteiger partial charge in [0.2, 0.25) is 0 Å². The minimum atomic E-state index is -0.508. The molecule has 2 aromatic heterocycles. The summed E-state index contributed by atoms with van der Waals surface area (Å²) in [5.41, 5.74) is 0.128. The topological polar surface area (TPSA) is 72.2 Å². The minimum Gasteiger partial charge on any atom is -0.451 e. The van der Waals surface area contributed by atoms with Gasteiger partial charge < -0.3 is 9.73 Å². The molecule has 6 heteroatoms. The summed E-state index contributed by atoms with van der Waals surface area (Å²) in [6, 6.07) is 11.5. The first-order valence-corrected chi connectivity index (χ1v) is 7.17. The molecule has 0 radical (unpaired) electrons. The highest BCUT2D eigenvalue weighted by Crippen LogP contribution is 2.13. The Morgan fingerprint density at radius 3 is 2.76 bits per heavy atom. The van der Waals surface area contributed by atoms with E-state index in [-0.39, 0.29) is 11.2 Å². The lowest BCUT2D eigenvalue weighted by Crippen LogP contribution is -2.15. The van der Waals surface area contributed by atoms with Gasteiger partial charge in [0, 0.05) is 15.8 Å². The molecule has 1 N–H and O–H groups in total. The molecule has 0 saturated carbocycles. The average molecular weight is 392 g/mol. The van der Waals surface area contributed by atoms with E-state index in [0.29, 0.717) is 16.8 Å². The first-order valence-electron chi connectivity index (χ1n) is 6.09. The van der Waals surface area contributed by atoms with Gasteiger partial charge in [0.1, 0.15) is 11.4 Å². The van der Waals surface area contributed by atoms with E-state index in [1.807, 2.05) is 6.07 Å². The lowest BCUT2D eigenvalue weighted by atomic mass is 10.2. The summed E-state index contributed by atoms with van der Waals surface area (Å²) in [5, 5.41) is 3.04. The molecule has 5 nitrogen and oxygen atoms in total. The molecule has 0 aliphatic carbocycles. The van der Waals surface area contributed by atoms with Crippen LogP contribution >= 0.6 is 22.6 Å². The molecule has 104 valence electrons. The van der Waals surface area contributed by atoms with Crippen LogP contribution in [0.15, 0.2) is 57.9 Å². The molecule has 3 aromatic rings. The van der Waals surface area contributed by atoms with Crippen LogP contribution < -0.4 is 10.7 Å². The Morgan fingerprint density at radius 2 is 2.00 bits per heavy atom. The van der Waals surface area contributed by atoms with Crippen LogP contribution in [0.25, 0.3) is 11.0 Å². The number of amides is 1. The zero-order valence-electron chi connectivity index (χ0n) is 10.7. The number of para-hydroxylation sites is 1. The number of halogens is 1. The number of rotatable bonds is 2. The Bertz CT molecular complexity index is 872. The van der Waals surface area contributed by atoms with Crippen molar-refractivity contribution in [3.8, 4) is 0 Å². The molecule has 0 atom stereocenters. The van der Waals surface area contributed by atoms with E-state index in [1.54, 1.807) is 36.5 Å². The highest BCUT2D eigenvalue weighted by Gasteiger charge is 2.12. The third-order valence-electron chi connectivity index (χ3n) is 2.83. The number of anilines is 1. The van der Waals surface area contributed by atoms with Crippen molar-refractivity contribution in [1.82, 2.24) is 4.98 Å². The van der Waals surface area contributed by atoms with Gasteiger partial charge in [0.15, 0.2) is 11.2 Å². The van der Waals surface area contributed by atoms with E-state index >= 15 is 0 Å². The summed E-state index contributed by atoms with van der Waals surface area (Å²) in [5.74, 6) is -0.151. The molecule has 2 heterocycles. The van der Waals surface area contributed by atoms with Gasteiger partial charge in [-0.1, -0.05) is 12.1 Å². The van der Waals surface area contributed by atoms with Crippen LogP contribution in [-0.4, -0.2) is 10.9 Å². The maximum Gasteiger partial charge on any atom is 0.292 e. The van der Waals surface area contributed by atoms with Crippen molar-refractivity contribution in [2.75, 3.05) is 5.32 Å². The van der Waals surface area contributed by atoms with E-state index in [1.165, 1.54) is 6.07 Å². The highest BCUT2D eigenvalue weighted by molar-refractivity contribution is 14.1. The third-order valence-corrected chi connectivity index (χ3v) is 3.47. The molecule has 0 saturated heterocycles. The number of benzene rings is 1. The number of carbonyl (C=O) groups excluding carboxylic acids is 1. The summed E-state index contributed by atoms with van der Waals surface area (Å²) >= 11 is 2.12. The van der Waals surface area contributed by atoms with Crippen LogP contribution in [0, 0.1) is 3.57 Å². The summed E-state index contributed by atoms with van der Waals surface area (Å²) in [6.45, 7) is 0. The fraction of sp³-hybridized carbons (Fsp3) is 0. The number of nitrogens with one attached hydrogen (secondary N) is 1. The second-order valence-electron chi connectivity index (χ2n) is 4.29. The third kappa shape index (κ3) is 2.94. The molecule has 21 heavy (non-hydrogen) atoms. The van der Waals surface area contributed by atoms with Gasteiger partial charge >= 0.3 is 0 Å². The quantitative estimate of drug-likeness (QED) is 0.681. The van der Waals surface area contributed by atoms with Gasteiger partial charge in [-0.25, -0.2) is 4.98 Å². The normalized spacial score (nSPS) is 10.5. The molecule has 3 rings (SSSR count). The summed E-state index contributed by atoms with van der Waals surface area (Å²) in [7, 11) is 0. The molecule has 0 aliphatic rings. The Labute approximate surface area is 133 Å². The Morgan fingerprint density at radius 1 is 1.19 bits per heavy atom. The van der Waals surface area contributed by atoms with Gasteiger partial charge in [-0.2, -0.15) is 0 Å². The first-order chi connectivity index (χ1) is 10.1. The van der Waals surface area contributed by atoms with E-state index in [2.05, 4.69) is 32.9 Å². The highest BCUT2D eigenvalue weighted by atomic mass is 127. The largest absolute Gasteiger partial charge is 0.451 e. The molecule has 0 fully saturated rings. The predicted molar refractivity (Wildman–Crippen MR) is 87.4 cm³/mol. The van der Waals surface area contributed by atoms with Crippen molar-refractivity contribution in [1.29, 1.82) is 0 Å². The van der Waals surface area contributed by atoms with E-state index < -0.39 is 5.91 Å². The maximum absolute atomic E-state index is 12.1. The molecular weight excluding hydrogens is 383 g/mol. The second kappa shape index (κ2) is 5.65. The second-order valence-corrected chi connectivity index (χ2v) is 5.53. The van der Waals surface area contributed by atoms with Crippen molar-refractivity contribution < 1.29 is 9.21 Å². The first kappa shape index (κ1) is 13.7. The Hall–Kier alpha value is -2.22. The van der Waals surface area contributed by atoms with Crippen molar-refractivity contribution in [2.45, 2.75) is 0 Å². The van der Waals surface area contributed by atoms with Crippen LogP contribution in [0.3, 0.4) is 0 Å². The van der Waals surface area contributed by atoms with Crippen molar-refractivity contribution in [2.24, 2.45) is 0 Å². The van der Waals surface area contributed by atoms with Gasteiger partial charge in [-0.05, 0) is 46.9 Å². The number of hydrogen-bond donors (Lipinski definition) is 1. The molecule has 0 unspecified atom stereocenters. The van der Waals surface area contributed by atoms with Crippen LogP contribution in [0.2, 0.25) is 0 Å². The SMILES string of the molecule is O=C(Nc1ccc(I)cn1)c1cc(=O)c2ccccc2o1. The molecule has 1 amide bonds.